The Morgan fingerprint density at radius 3 is 2.05 bits per heavy atom. The normalized spacial score (nSPS) is 32.7. The Bertz CT molecular complexity index is 509. The van der Waals surface area contributed by atoms with Crippen molar-refractivity contribution in [1.29, 1.82) is 0 Å². The molecule has 118 valence electrons. The molecule has 0 aromatic carbocycles. The SMILES string of the molecule is O=C=NC1CCC(C(N=C=O)C2CCCC(N=C=O)C2)CC1. The van der Waals surface area contributed by atoms with Gasteiger partial charge < -0.3 is 0 Å². The number of carbonyl (C=O) groups excluding carboxylic acids is 3. The van der Waals surface area contributed by atoms with Crippen LogP contribution in [0.25, 0.3) is 0 Å². The van der Waals surface area contributed by atoms with Gasteiger partial charge in [-0.15, -0.1) is 0 Å². The topological polar surface area (TPSA) is 88.3 Å². The van der Waals surface area contributed by atoms with Gasteiger partial charge in [0.2, 0.25) is 18.2 Å². The van der Waals surface area contributed by atoms with Crippen molar-refractivity contribution in [3.63, 3.8) is 0 Å². The van der Waals surface area contributed by atoms with Crippen LogP contribution < -0.4 is 0 Å². The van der Waals surface area contributed by atoms with Crippen molar-refractivity contribution >= 4 is 18.2 Å². The number of isocyanates is 3. The first-order chi connectivity index (χ1) is 10.8. The zero-order chi connectivity index (χ0) is 15.8. The highest BCUT2D eigenvalue weighted by atomic mass is 16.1. The molecule has 0 radical (unpaired) electrons. The Morgan fingerprint density at radius 1 is 0.727 bits per heavy atom. The number of hydrogen-bond acceptors (Lipinski definition) is 6. The number of aliphatic imine (C=N–C) groups is 3. The molecular formula is C16H21N3O3. The monoisotopic (exact) mass is 303 g/mol. The molecule has 2 aliphatic rings. The van der Waals surface area contributed by atoms with E-state index in [4.69, 9.17) is 0 Å². The van der Waals surface area contributed by atoms with Gasteiger partial charge in [-0.3, -0.25) is 0 Å². The molecule has 2 rings (SSSR count). The molecule has 0 heterocycles. The molecule has 0 spiro atoms. The van der Waals surface area contributed by atoms with Crippen molar-refractivity contribution in [2.24, 2.45) is 26.8 Å². The van der Waals surface area contributed by atoms with Crippen molar-refractivity contribution in [3.05, 3.63) is 0 Å². The van der Waals surface area contributed by atoms with E-state index in [1.54, 1.807) is 18.2 Å². The van der Waals surface area contributed by atoms with Crippen LogP contribution in [-0.4, -0.2) is 36.4 Å². The molecule has 6 heteroatoms. The smallest absolute Gasteiger partial charge is 0.211 e. The second kappa shape index (κ2) is 8.55. The molecule has 0 aromatic rings. The van der Waals surface area contributed by atoms with Crippen molar-refractivity contribution in [1.82, 2.24) is 0 Å². The van der Waals surface area contributed by atoms with Crippen LogP contribution in [0.15, 0.2) is 15.0 Å². The van der Waals surface area contributed by atoms with Gasteiger partial charge in [-0.25, -0.2) is 29.4 Å². The van der Waals surface area contributed by atoms with E-state index < -0.39 is 0 Å². The van der Waals surface area contributed by atoms with Crippen molar-refractivity contribution in [2.75, 3.05) is 0 Å². The fraction of sp³-hybridized carbons (Fsp3) is 0.812. The Morgan fingerprint density at radius 2 is 1.41 bits per heavy atom. The molecule has 0 aliphatic heterocycles. The third-order valence-electron chi connectivity index (χ3n) is 5.07. The maximum atomic E-state index is 10.8. The molecule has 6 nitrogen and oxygen atoms in total. The molecule has 0 aromatic heterocycles. The zero-order valence-corrected chi connectivity index (χ0v) is 12.6. The zero-order valence-electron chi connectivity index (χ0n) is 12.6. The lowest BCUT2D eigenvalue weighted by Crippen LogP contribution is -2.35. The van der Waals surface area contributed by atoms with Crippen LogP contribution in [0, 0.1) is 11.8 Å². The van der Waals surface area contributed by atoms with Gasteiger partial charge in [0.1, 0.15) is 0 Å². The molecule has 2 fully saturated rings. The summed E-state index contributed by atoms with van der Waals surface area (Å²) in [4.78, 5) is 43.4. The predicted molar refractivity (Wildman–Crippen MR) is 79.6 cm³/mol. The minimum Gasteiger partial charge on any atom is -0.211 e. The van der Waals surface area contributed by atoms with Crippen molar-refractivity contribution in [2.45, 2.75) is 69.5 Å². The lowest BCUT2D eigenvalue weighted by molar-refractivity contribution is 0.189. The van der Waals surface area contributed by atoms with Crippen LogP contribution in [0.2, 0.25) is 0 Å². The third kappa shape index (κ3) is 4.32. The fourth-order valence-corrected chi connectivity index (χ4v) is 4.01. The summed E-state index contributed by atoms with van der Waals surface area (Å²) >= 11 is 0. The number of rotatable bonds is 5. The minimum absolute atomic E-state index is 0.0107. The summed E-state index contributed by atoms with van der Waals surface area (Å²) in [5, 5.41) is 0. The summed E-state index contributed by atoms with van der Waals surface area (Å²) in [6.07, 6.45) is 12.2. The first-order valence-corrected chi connectivity index (χ1v) is 7.99. The molecular weight excluding hydrogens is 282 g/mol. The highest BCUT2D eigenvalue weighted by Crippen LogP contribution is 2.38. The van der Waals surface area contributed by atoms with Gasteiger partial charge in [0, 0.05) is 0 Å². The van der Waals surface area contributed by atoms with E-state index in [9.17, 15) is 14.4 Å². The van der Waals surface area contributed by atoms with Crippen LogP contribution in [0.5, 0.6) is 0 Å². The van der Waals surface area contributed by atoms with Gasteiger partial charge in [-0.05, 0) is 56.8 Å². The Kier molecular flexibility index (Phi) is 6.42. The summed E-state index contributed by atoms with van der Waals surface area (Å²) in [7, 11) is 0. The fourth-order valence-electron chi connectivity index (χ4n) is 4.01. The predicted octanol–water partition coefficient (Wildman–Crippen LogP) is 2.48. The molecule has 2 aliphatic carbocycles. The summed E-state index contributed by atoms with van der Waals surface area (Å²) in [6.45, 7) is 0. The largest absolute Gasteiger partial charge is 0.235 e. The van der Waals surface area contributed by atoms with Gasteiger partial charge >= 0.3 is 0 Å². The minimum atomic E-state index is -0.0525. The first kappa shape index (κ1) is 16.5. The highest BCUT2D eigenvalue weighted by Gasteiger charge is 2.35. The van der Waals surface area contributed by atoms with Gasteiger partial charge in [0.05, 0.1) is 18.1 Å². The molecule has 0 bridgehead atoms. The average Bonchev–Trinajstić information content (AvgIpc) is 2.54. The van der Waals surface area contributed by atoms with E-state index in [-0.39, 0.29) is 24.0 Å². The summed E-state index contributed by atoms with van der Waals surface area (Å²) in [5.74, 6) is 0.594. The van der Waals surface area contributed by atoms with E-state index in [0.717, 1.165) is 51.4 Å². The second-order valence-corrected chi connectivity index (χ2v) is 6.30. The van der Waals surface area contributed by atoms with Gasteiger partial charge in [-0.1, -0.05) is 6.42 Å². The van der Waals surface area contributed by atoms with Crippen LogP contribution in [0.1, 0.15) is 51.4 Å². The third-order valence-corrected chi connectivity index (χ3v) is 5.07. The summed E-state index contributed by atoms with van der Waals surface area (Å²) < 4.78 is 0. The maximum absolute atomic E-state index is 10.8. The quantitative estimate of drug-likeness (QED) is 0.577. The Labute approximate surface area is 129 Å². The van der Waals surface area contributed by atoms with Gasteiger partial charge in [-0.2, -0.15) is 0 Å². The molecule has 3 unspecified atom stereocenters. The molecule has 3 atom stereocenters. The van der Waals surface area contributed by atoms with Crippen LogP contribution in [0.3, 0.4) is 0 Å². The standard InChI is InChI=1S/C16H21N3O3/c20-9-17-14-6-4-12(5-7-14)16(19-11-22)13-2-1-3-15(8-13)18-10-21/h12-16H,1-8H2. The molecule has 0 amide bonds. The van der Waals surface area contributed by atoms with E-state index in [1.807, 2.05) is 0 Å². The number of hydrogen-bond donors (Lipinski definition) is 0. The van der Waals surface area contributed by atoms with E-state index in [1.165, 1.54) is 0 Å². The molecule has 2 saturated carbocycles. The van der Waals surface area contributed by atoms with E-state index >= 15 is 0 Å². The Balaban J connectivity index is 2.02. The summed E-state index contributed by atoms with van der Waals surface area (Å²) in [6, 6.07) is 0.0216. The Hall–Kier alpha value is -1.86. The molecule has 0 N–H and O–H groups in total. The lowest BCUT2D eigenvalue weighted by atomic mass is 9.72. The van der Waals surface area contributed by atoms with Gasteiger partial charge in [0.15, 0.2) is 0 Å². The van der Waals surface area contributed by atoms with E-state index in [0.29, 0.717) is 5.92 Å². The average molecular weight is 303 g/mol. The summed E-state index contributed by atoms with van der Waals surface area (Å²) in [5.41, 5.74) is 0. The molecule has 22 heavy (non-hydrogen) atoms. The first-order valence-electron chi connectivity index (χ1n) is 7.99. The highest BCUT2D eigenvalue weighted by molar-refractivity contribution is 5.35. The van der Waals surface area contributed by atoms with Crippen molar-refractivity contribution in [3.8, 4) is 0 Å². The van der Waals surface area contributed by atoms with Crippen LogP contribution in [0.4, 0.5) is 0 Å². The number of nitrogens with zero attached hydrogens (tertiary/aromatic N) is 3. The maximum Gasteiger partial charge on any atom is 0.235 e. The van der Waals surface area contributed by atoms with Gasteiger partial charge in [0.25, 0.3) is 0 Å². The van der Waals surface area contributed by atoms with Crippen molar-refractivity contribution < 1.29 is 14.4 Å². The molecule has 0 saturated heterocycles. The lowest BCUT2D eigenvalue weighted by Gasteiger charge is -2.36. The van der Waals surface area contributed by atoms with Crippen LogP contribution in [-0.2, 0) is 14.4 Å². The van der Waals surface area contributed by atoms with E-state index in [2.05, 4.69) is 15.0 Å². The second-order valence-electron chi connectivity index (χ2n) is 6.30. The van der Waals surface area contributed by atoms with Crippen LogP contribution >= 0.6 is 0 Å².